The molecule has 3 rings (SSSR count). The fourth-order valence-electron chi connectivity index (χ4n) is 2.75. The van der Waals surface area contributed by atoms with Gasteiger partial charge in [0.1, 0.15) is 11.3 Å². The average Bonchev–Trinajstić information content (AvgIpc) is 2.69. The Balaban J connectivity index is 1.95. The van der Waals surface area contributed by atoms with E-state index in [4.69, 9.17) is 4.42 Å². The first kappa shape index (κ1) is 9.91. The summed E-state index contributed by atoms with van der Waals surface area (Å²) in [5.41, 5.74) is 0.953. The number of hydrogen-bond acceptors (Lipinski definition) is 2. The lowest BCUT2D eigenvalue weighted by atomic mass is 9.68. The first-order valence-electron chi connectivity index (χ1n) is 5.96. The van der Waals surface area contributed by atoms with E-state index >= 15 is 0 Å². The molecule has 2 nitrogen and oxygen atoms in total. The molecule has 0 amide bonds. The van der Waals surface area contributed by atoms with E-state index in [0.717, 1.165) is 29.6 Å². The summed E-state index contributed by atoms with van der Waals surface area (Å²) in [7, 11) is 0. The second kappa shape index (κ2) is 3.63. The minimum Gasteiger partial charge on any atom is -0.461 e. The molecule has 16 heavy (non-hydrogen) atoms. The number of para-hydroxylation sites is 1. The lowest BCUT2D eigenvalue weighted by Gasteiger charge is -2.39. The van der Waals surface area contributed by atoms with Gasteiger partial charge in [-0.1, -0.05) is 31.5 Å². The van der Waals surface area contributed by atoms with E-state index in [9.17, 15) is 5.11 Å². The minimum absolute atomic E-state index is 0.136. The molecule has 0 bridgehead atoms. The van der Waals surface area contributed by atoms with Gasteiger partial charge in [-0.3, -0.25) is 0 Å². The van der Waals surface area contributed by atoms with Crippen LogP contribution in [0.2, 0.25) is 0 Å². The normalized spacial score (nSPS) is 29.2. The standard InChI is InChI=1S/C14H16O2/c1-2-10-11(8-12(10)15)14-7-9-5-3-4-6-13(9)16-14/h3-7,10-12,15H,2,8H2,1H3. The van der Waals surface area contributed by atoms with Crippen LogP contribution in [0.1, 0.15) is 31.4 Å². The molecule has 1 aliphatic carbocycles. The molecule has 1 heterocycles. The van der Waals surface area contributed by atoms with Crippen molar-refractivity contribution in [2.75, 3.05) is 0 Å². The molecule has 1 aromatic carbocycles. The van der Waals surface area contributed by atoms with Gasteiger partial charge in [-0.25, -0.2) is 0 Å². The van der Waals surface area contributed by atoms with Crippen LogP contribution in [0.15, 0.2) is 34.7 Å². The van der Waals surface area contributed by atoms with Gasteiger partial charge in [0.15, 0.2) is 0 Å². The smallest absolute Gasteiger partial charge is 0.134 e. The van der Waals surface area contributed by atoms with Crippen molar-refractivity contribution in [1.29, 1.82) is 0 Å². The first-order chi connectivity index (χ1) is 7.79. The second-order valence-electron chi connectivity index (χ2n) is 4.67. The minimum atomic E-state index is -0.136. The topological polar surface area (TPSA) is 33.4 Å². The van der Waals surface area contributed by atoms with Crippen LogP contribution in [0.25, 0.3) is 11.0 Å². The maximum Gasteiger partial charge on any atom is 0.134 e. The molecule has 0 saturated heterocycles. The summed E-state index contributed by atoms with van der Waals surface area (Å²) in [6, 6.07) is 10.2. The van der Waals surface area contributed by atoms with Crippen molar-refractivity contribution in [3.63, 3.8) is 0 Å². The Morgan fingerprint density at radius 2 is 2.19 bits per heavy atom. The Bertz CT molecular complexity index is 467. The van der Waals surface area contributed by atoms with E-state index in [-0.39, 0.29) is 6.10 Å². The second-order valence-corrected chi connectivity index (χ2v) is 4.67. The molecule has 1 aromatic heterocycles. The summed E-state index contributed by atoms with van der Waals surface area (Å²) >= 11 is 0. The number of hydrogen-bond donors (Lipinski definition) is 1. The number of rotatable bonds is 2. The van der Waals surface area contributed by atoms with Gasteiger partial charge in [-0.05, 0) is 24.5 Å². The van der Waals surface area contributed by atoms with Crippen LogP contribution in [-0.4, -0.2) is 11.2 Å². The van der Waals surface area contributed by atoms with Crippen molar-refractivity contribution in [1.82, 2.24) is 0 Å². The molecular formula is C14H16O2. The highest BCUT2D eigenvalue weighted by molar-refractivity contribution is 5.77. The highest BCUT2D eigenvalue weighted by Crippen LogP contribution is 2.45. The molecule has 1 fully saturated rings. The summed E-state index contributed by atoms with van der Waals surface area (Å²) < 4.78 is 5.84. The Morgan fingerprint density at radius 1 is 1.38 bits per heavy atom. The third kappa shape index (κ3) is 1.37. The highest BCUT2D eigenvalue weighted by atomic mass is 16.3. The lowest BCUT2D eigenvalue weighted by Crippen LogP contribution is -2.38. The molecule has 3 unspecified atom stereocenters. The van der Waals surface area contributed by atoms with E-state index in [1.807, 2.05) is 18.2 Å². The van der Waals surface area contributed by atoms with Gasteiger partial charge in [-0.15, -0.1) is 0 Å². The number of aliphatic hydroxyl groups excluding tert-OH is 1. The number of benzene rings is 1. The Hall–Kier alpha value is -1.28. The first-order valence-corrected chi connectivity index (χ1v) is 5.96. The van der Waals surface area contributed by atoms with Gasteiger partial charge in [0.25, 0.3) is 0 Å². The zero-order chi connectivity index (χ0) is 11.1. The lowest BCUT2D eigenvalue weighted by molar-refractivity contribution is -0.00736. The predicted octanol–water partition coefficient (Wildman–Crippen LogP) is 3.31. The zero-order valence-electron chi connectivity index (χ0n) is 9.39. The summed E-state index contributed by atoms with van der Waals surface area (Å²) in [6.45, 7) is 2.13. The van der Waals surface area contributed by atoms with Crippen molar-refractivity contribution in [2.24, 2.45) is 5.92 Å². The third-order valence-electron chi connectivity index (χ3n) is 3.79. The Labute approximate surface area is 94.9 Å². The largest absolute Gasteiger partial charge is 0.461 e. The summed E-state index contributed by atoms with van der Waals surface area (Å²) in [5, 5.41) is 10.8. The van der Waals surface area contributed by atoms with Gasteiger partial charge >= 0.3 is 0 Å². The number of furan rings is 1. The van der Waals surface area contributed by atoms with Gasteiger partial charge in [0.05, 0.1) is 6.10 Å². The summed E-state index contributed by atoms with van der Waals surface area (Å²) in [6.07, 6.45) is 1.73. The molecule has 1 saturated carbocycles. The van der Waals surface area contributed by atoms with E-state index < -0.39 is 0 Å². The van der Waals surface area contributed by atoms with Crippen LogP contribution in [-0.2, 0) is 0 Å². The van der Waals surface area contributed by atoms with Crippen LogP contribution >= 0.6 is 0 Å². The van der Waals surface area contributed by atoms with E-state index in [2.05, 4.69) is 19.1 Å². The van der Waals surface area contributed by atoms with Gasteiger partial charge in [0, 0.05) is 11.3 Å². The average molecular weight is 216 g/mol. The molecule has 0 spiro atoms. The van der Waals surface area contributed by atoms with Crippen molar-refractivity contribution < 1.29 is 9.52 Å². The zero-order valence-corrected chi connectivity index (χ0v) is 9.39. The number of aliphatic hydroxyl groups is 1. The Kier molecular flexibility index (Phi) is 2.25. The van der Waals surface area contributed by atoms with Crippen molar-refractivity contribution in [2.45, 2.75) is 31.8 Å². The maximum absolute atomic E-state index is 9.67. The van der Waals surface area contributed by atoms with Gasteiger partial charge in [0.2, 0.25) is 0 Å². The maximum atomic E-state index is 9.67. The van der Waals surface area contributed by atoms with Crippen molar-refractivity contribution in [3.8, 4) is 0 Å². The SMILES string of the molecule is CCC1C(O)CC1c1cc2ccccc2o1. The molecule has 0 aliphatic heterocycles. The fraction of sp³-hybridized carbons (Fsp3) is 0.429. The quantitative estimate of drug-likeness (QED) is 0.835. The van der Waals surface area contributed by atoms with Crippen LogP contribution in [0.3, 0.4) is 0 Å². The van der Waals surface area contributed by atoms with Crippen LogP contribution in [0.4, 0.5) is 0 Å². The monoisotopic (exact) mass is 216 g/mol. The van der Waals surface area contributed by atoms with Crippen LogP contribution in [0, 0.1) is 5.92 Å². The molecule has 0 radical (unpaired) electrons. The molecule has 3 atom stereocenters. The van der Waals surface area contributed by atoms with Gasteiger partial charge in [-0.2, -0.15) is 0 Å². The van der Waals surface area contributed by atoms with E-state index in [0.29, 0.717) is 11.8 Å². The van der Waals surface area contributed by atoms with Crippen molar-refractivity contribution in [3.05, 3.63) is 36.1 Å². The molecule has 84 valence electrons. The highest BCUT2D eigenvalue weighted by Gasteiger charge is 2.41. The fourth-order valence-corrected chi connectivity index (χ4v) is 2.75. The molecule has 1 N–H and O–H groups in total. The van der Waals surface area contributed by atoms with Crippen LogP contribution < -0.4 is 0 Å². The molecule has 2 aromatic rings. The Morgan fingerprint density at radius 3 is 2.88 bits per heavy atom. The number of fused-ring (bicyclic) bond motifs is 1. The van der Waals surface area contributed by atoms with E-state index in [1.165, 1.54) is 0 Å². The van der Waals surface area contributed by atoms with E-state index in [1.54, 1.807) is 0 Å². The van der Waals surface area contributed by atoms with Crippen molar-refractivity contribution >= 4 is 11.0 Å². The van der Waals surface area contributed by atoms with Crippen LogP contribution in [0.5, 0.6) is 0 Å². The van der Waals surface area contributed by atoms with Gasteiger partial charge < -0.3 is 9.52 Å². The summed E-state index contributed by atoms with van der Waals surface area (Å²) in [5.74, 6) is 1.83. The predicted molar refractivity (Wildman–Crippen MR) is 63.4 cm³/mol. The third-order valence-corrected chi connectivity index (χ3v) is 3.79. The molecule has 1 aliphatic rings. The summed E-state index contributed by atoms with van der Waals surface area (Å²) in [4.78, 5) is 0. The molecule has 2 heteroatoms. The molecular weight excluding hydrogens is 200 g/mol.